The maximum Gasteiger partial charge on any atom is 0.253 e. The third kappa shape index (κ3) is 3.46. The fourth-order valence-electron chi connectivity index (χ4n) is 5.27. The van der Waals surface area contributed by atoms with Crippen molar-refractivity contribution >= 4 is 5.91 Å². The number of benzene rings is 2. The number of piperidine rings is 1. The van der Waals surface area contributed by atoms with Crippen LogP contribution in [0.4, 0.5) is 0 Å². The number of aromatic nitrogens is 2. The van der Waals surface area contributed by atoms with E-state index in [9.17, 15) is 9.90 Å². The molecule has 0 atom stereocenters. The number of carbonyl (C=O) groups is 1. The quantitative estimate of drug-likeness (QED) is 0.608. The van der Waals surface area contributed by atoms with E-state index >= 15 is 0 Å². The summed E-state index contributed by atoms with van der Waals surface area (Å²) in [5, 5.41) is 17.5. The zero-order valence-electron chi connectivity index (χ0n) is 20.1. The molecule has 0 saturated carbocycles. The van der Waals surface area contributed by atoms with Gasteiger partial charge in [-0.15, -0.1) is 0 Å². The Morgan fingerprint density at radius 3 is 2.68 bits per heavy atom. The van der Waals surface area contributed by atoms with Crippen molar-refractivity contribution in [3.63, 3.8) is 0 Å². The predicted molar refractivity (Wildman–Crippen MR) is 129 cm³/mol. The number of rotatable bonds is 4. The summed E-state index contributed by atoms with van der Waals surface area (Å²) in [6.07, 6.45) is 1.38. The number of fused-ring (bicyclic) bond motifs is 4. The third-order valence-corrected chi connectivity index (χ3v) is 7.28. The first kappa shape index (κ1) is 22.5. The molecular weight excluding hydrogens is 430 g/mol. The van der Waals surface area contributed by atoms with Crippen molar-refractivity contribution in [1.29, 1.82) is 0 Å². The minimum atomic E-state index is -0.496. The summed E-state index contributed by atoms with van der Waals surface area (Å²) in [7, 11) is 1.59. The van der Waals surface area contributed by atoms with Crippen LogP contribution >= 0.6 is 0 Å². The summed E-state index contributed by atoms with van der Waals surface area (Å²) in [6.45, 7) is 7.08. The number of ether oxygens (including phenoxy) is 2. The van der Waals surface area contributed by atoms with E-state index in [-0.39, 0.29) is 12.5 Å². The van der Waals surface area contributed by atoms with E-state index in [1.54, 1.807) is 13.2 Å². The van der Waals surface area contributed by atoms with Crippen LogP contribution in [-0.4, -0.2) is 52.9 Å². The number of aromatic amines is 1. The van der Waals surface area contributed by atoms with Crippen LogP contribution in [0.2, 0.25) is 0 Å². The Hall–Kier alpha value is -3.32. The first-order chi connectivity index (χ1) is 16.3. The van der Waals surface area contributed by atoms with Crippen LogP contribution in [0.5, 0.6) is 11.5 Å². The number of aliphatic hydroxyl groups excluding tert-OH is 1. The van der Waals surface area contributed by atoms with Gasteiger partial charge in [0.05, 0.1) is 13.7 Å². The van der Waals surface area contributed by atoms with E-state index in [0.717, 1.165) is 33.8 Å². The molecule has 7 nitrogen and oxygen atoms in total. The minimum Gasteiger partial charge on any atom is -0.496 e. The Labute approximate surface area is 199 Å². The number of para-hydroxylation sites is 1. The molecule has 1 saturated heterocycles. The van der Waals surface area contributed by atoms with Crippen molar-refractivity contribution < 1.29 is 19.4 Å². The molecule has 1 aromatic heterocycles. The van der Waals surface area contributed by atoms with Crippen LogP contribution in [0.1, 0.15) is 53.9 Å². The highest BCUT2D eigenvalue weighted by Gasteiger charge is 2.46. The number of hydrogen-bond acceptors (Lipinski definition) is 5. The van der Waals surface area contributed by atoms with Crippen LogP contribution in [0.25, 0.3) is 11.3 Å². The number of likely N-dealkylation sites (tertiary alicyclic amines) is 1. The van der Waals surface area contributed by atoms with Gasteiger partial charge in [0, 0.05) is 59.3 Å². The molecule has 7 heteroatoms. The molecule has 1 fully saturated rings. The molecule has 1 spiro atoms. The van der Waals surface area contributed by atoms with Crippen molar-refractivity contribution in [3.05, 3.63) is 64.8 Å². The number of H-pyrrole nitrogens is 1. The van der Waals surface area contributed by atoms with Gasteiger partial charge in [0.1, 0.15) is 22.8 Å². The zero-order chi connectivity index (χ0) is 24.1. The summed E-state index contributed by atoms with van der Waals surface area (Å²) in [5.74, 6) is 1.43. The van der Waals surface area contributed by atoms with E-state index < -0.39 is 11.0 Å². The molecule has 0 bridgehead atoms. The summed E-state index contributed by atoms with van der Waals surface area (Å²) in [4.78, 5) is 15.3. The second-order valence-electron chi connectivity index (χ2n) is 9.91. The monoisotopic (exact) mass is 461 g/mol. The highest BCUT2D eigenvalue weighted by Crippen LogP contribution is 2.49. The second kappa shape index (κ2) is 8.17. The molecule has 1 amide bonds. The highest BCUT2D eigenvalue weighted by molar-refractivity contribution is 5.95. The van der Waals surface area contributed by atoms with Gasteiger partial charge in [0.15, 0.2) is 0 Å². The topological polar surface area (TPSA) is 87.7 Å². The fourth-order valence-corrected chi connectivity index (χ4v) is 5.27. The van der Waals surface area contributed by atoms with Crippen molar-refractivity contribution in [3.8, 4) is 22.8 Å². The summed E-state index contributed by atoms with van der Waals surface area (Å²) in [5.41, 5.74) is 4.58. The molecule has 0 unspecified atom stereocenters. The Balaban J connectivity index is 1.39. The van der Waals surface area contributed by atoms with Crippen molar-refractivity contribution in [2.75, 3.05) is 26.8 Å². The zero-order valence-corrected chi connectivity index (χ0v) is 20.1. The van der Waals surface area contributed by atoms with Gasteiger partial charge in [-0.05, 0) is 31.2 Å². The number of methoxy groups -OCH3 is 1. The average molecular weight is 462 g/mol. The fraction of sp³-hybridized carbons (Fsp3) is 0.407. The van der Waals surface area contributed by atoms with Crippen LogP contribution in [0, 0.1) is 6.92 Å². The largest absolute Gasteiger partial charge is 0.496 e. The molecule has 34 heavy (non-hydrogen) atoms. The Kier molecular flexibility index (Phi) is 5.40. The third-order valence-electron chi connectivity index (χ3n) is 7.28. The number of nitrogens with zero attached hydrogens (tertiary/aromatic N) is 2. The standard InChI is InChI=1S/C27H31N3O4/c1-17-23-24(29-28-17)19-7-5-6-8-21(19)34-27(23)11-13-30(14-12-27)25(32)18-9-10-20(22(15-18)33-4)26(2,3)16-31/h5-10,15,31H,11-14,16H2,1-4H3,(H,28,29). The molecule has 3 heterocycles. The van der Waals surface area contributed by atoms with E-state index in [4.69, 9.17) is 9.47 Å². The number of amides is 1. The van der Waals surface area contributed by atoms with Gasteiger partial charge < -0.3 is 19.5 Å². The van der Waals surface area contributed by atoms with Crippen LogP contribution in [0.15, 0.2) is 42.5 Å². The lowest BCUT2D eigenvalue weighted by molar-refractivity contribution is -0.00203. The predicted octanol–water partition coefficient (Wildman–Crippen LogP) is 4.19. The lowest BCUT2D eigenvalue weighted by Gasteiger charge is -2.44. The SMILES string of the molecule is COc1cc(C(=O)N2CCC3(CC2)Oc2ccccc2-c2n[nH]c(C)c23)ccc1C(C)(C)CO. The van der Waals surface area contributed by atoms with E-state index in [2.05, 4.69) is 10.2 Å². The van der Waals surface area contributed by atoms with Gasteiger partial charge in [-0.2, -0.15) is 5.10 Å². The number of aliphatic hydroxyl groups is 1. The minimum absolute atomic E-state index is 0.0105. The van der Waals surface area contributed by atoms with Crippen LogP contribution in [-0.2, 0) is 11.0 Å². The van der Waals surface area contributed by atoms with Crippen molar-refractivity contribution in [2.45, 2.75) is 44.6 Å². The van der Waals surface area contributed by atoms with Gasteiger partial charge in [0.25, 0.3) is 5.91 Å². The lowest BCUT2D eigenvalue weighted by Crippen LogP contribution is -2.49. The number of hydrogen-bond donors (Lipinski definition) is 2. The second-order valence-corrected chi connectivity index (χ2v) is 9.91. The average Bonchev–Trinajstić information content (AvgIpc) is 3.26. The van der Waals surface area contributed by atoms with Crippen molar-refractivity contribution in [2.24, 2.45) is 0 Å². The van der Waals surface area contributed by atoms with E-state index in [0.29, 0.717) is 37.2 Å². The maximum absolute atomic E-state index is 13.4. The van der Waals surface area contributed by atoms with E-state index in [1.165, 1.54) is 0 Å². The molecule has 0 radical (unpaired) electrons. The Morgan fingerprint density at radius 1 is 1.24 bits per heavy atom. The molecule has 2 N–H and O–H groups in total. The van der Waals surface area contributed by atoms with Gasteiger partial charge in [-0.3, -0.25) is 9.89 Å². The molecule has 2 aliphatic rings. The maximum atomic E-state index is 13.4. The molecule has 5 rings (SSSR count). The Morgan fingerprint density at radius 2 is 1.97 bits per heavy atom. The summed E-state index contributed by atoms with van der Waals surface area (Å²) < 4.78 is 12.2. The van der Waals surface area contributed by atoms with E-state index in [1.807, 2.05) is 62.1 Å². The number of aryl methyl sites for hydroxylation is 1. The van der Waals surface area contributed by atoms with Gasteiger partial charge >= 0.3 is 0 Å². The van der Waals surface area contributed by atoms with Gasteiger partial charge in [-0.1, -0.05) is 32.0 Å². The Bertz CT molecular complexity index is 1240. The van der Waals surface area contributed by atoms with Gasteiger partial charge in [-0.25, -0.2) is 0 Å². The summed E-state index contributed by atoms with van der Waals surface area (Å²) in [6, 6.07) is 13.5. The molecule has 2 aromatic carbocycles. The normalized spacial score (nSPS) is 16.6. The lowest BCUT2D eigenvalue weighted by atomic mass is 9.79. The van der Waals surface area contributed by atoms with Crippen LogP contribution < -0.4 is 9.47 Å². The molecule has 0 aliphatic carbocycles. The van der Waals surface area contributed by atoms with Gasteiger partial charge in [0.2, 0.25) is 0 Å². The smallest absolute Gasteiger partial charge is 0.253 e. The van der Waals surface area contributed by atoms with Crippen LogP contribution in [0.3, 0.4) is 0 Å². The number of nitrogens with one attached hydrogen (secondary N) is 1. The molecule has 178 valence electrons. The first-order valence-electron chi connectivity index (χ1n) is 11.7. The highest BCUT2D eigenvalue weighted by atomic mass is 16.5. The summed E-state index contributed by atoms with van der Waals surface area (Å²) >= 11 is 0. The molecule has 2 aliphatic heterocycles. The number of carbonyl (C=O) groups excluding carboxylic acids is 1. The first-order valence-corrected chi connectivity index (χ1v) is 11.7. The molecular formula is C27H31N3O4. The molecule has 3 aromatic rings. The van der Waals surface area contributed by atoms with Crippen molar-refractivity contribution in [1.82, 2.24) is 15.1 Å².